The Balaban J connectivity index is 1.93. The lowest BCUT2D eigenvalue weighted by Gasteiger charge is -2.31. The molecule has 2 heterocycles. The number of carbonyl (C=O) groups is 1. The van der Waals surface area contributed by atoms with Gasteiger partial charge in [0.15, 0.2) is 16.9 Å². The number of aromatic nitrogens is 1. The number of rotatable bonds is 10. The maximum Gasteiger partial charge on any atom is 0.341 e. The van der Waals surface area contributed by atoms with Crippen molar-refractivity contribution in [3.63, 3.8) is 0 Å². The van der Waals surface area contributed by atoms with Crippen LogP contribution in [-0.2, 0) is 15.9 Å². The number of nitrogens with zero attached hydrogens (tertiary/aromatic N) is 1. The topological polar surface area (TPSA) is 96.2 Å². The molecular formula is C22H27NO7. The molecule has 1 aromatic carbocycles. The van der Waals surface area contributed by atoms with Gasteiger partial charge >= 0.3 is 5.97 Å². The highest BCUT2D eigenvalue weighted by Crippen LogP contribution is 2.41. The predicted molar refractivity (Wildman–Crippen MR) is 111 cm³/mol. The molecule has 30 heavy (non-hydrogen) atoms. The molecule has 0 saturated carbocycles. The van der Waals surface area contributed by atoms with Gasteiger partial charge in [0.25, 0.3) is 0 Å². The van der Waals surface area contributed by atoms with E-state index in [0.29, 0.717) is 50.0 Å². The van der Waals surface area contributed by atoms with Gasteiger partial charge in [-0.05, 0) is 30.5 Å². The molecule has 0 radical (unpaired) electrons. The molecule has 8 nitrogen and oxygen atoms in total. The van der Waals surface area contributed by atoms with Crippen LogP contribution in [-0.4, -0.2) is 56.3 Å². The maximum atomic E-state index is 12.3. The largest absolute Gasteiger partial charge is 0.493 e. The molecular weight excluding hydrogens is 390 g/mol. The fourth-order valence-electron chi connectivity index (χ4n) is 3.66. The van der Waals surface area contributed by atoms with Crippen LogP contribution in [0.15, 0.2) is 29.2 Å². The molecule has 0 spiro atoms. The summed E-state index contributed by atoms with van der Waals surface area (Å²) in [5.41, 5.74) is 1.82. The van der Waals surface area contributed by atoms with Gasteiger partial charge in [-0.3, -0.25) is 4.79 Å². The number of pyridine rings is 1. The number of methoxy groups -OCH3 is 2. The highest BCUT2D eigenvalue weighted by atomic mass is 16.5. The lowest BCUT2D eigenvalue weighted by atomic mass is 9.90. The molecule has 1 aliphatic rings. The van der Waals surface area contributed by atoms with Crippen LogP contribution in [0, 0.1) is 0 Å². The smallest absolute Gasteiger partial charge is 0.341 e. The third-order valence-electron chi connectivity index (χ3n) is 5.21. The molecule has 1 unspecified atom stereocenters. The van der Waals surface area contributed by atoms with Crippen molar-refractivity contribution in [2.24, 2.45) is 0 Å². The van der Waals surface area contributed by atoms with Gasteiger partial charge in [0.2, 0.25) is 0 Å². The van der Waals surface area contributed by atoms with Crippen LogP contribution in [0.2, 0.25) is 0 Å². The zero-order chi connectivity index (χ0) is 21.7. The average Bonchev–Trinajstić information content (AvgIpc) is 2.74. The zero-order valence-electron chi connectivity index (χ0n) is 17.5. The predicted octanol–water partition coefficient (Wildman–Crippen LogP) is 2.77. The SMILES string of the molecule is CCC1Cc2cc(OCCOCCOC)c(OC)cc2-c2cc(=O)c(C(=O)O)cn21. The minimum atomic E-state index is -1.22. The van der Waals surface area contributed by atoms with Crippen LogP contribution < -0.4 is 14.9 Å². The summed E-state index contributed by atoms with van der Waals surface area (Å²) in [6.45, 7) is 3.87. The van der Waals surface area contributed by atoms with Gasteiger partial charge in [0, 0.05) is 31.0 Å². The molecule has 0 saturated heterocycles. The number of ether oxygens (including phenoxy) is 4. The average molecular weight is 417 g/mol. The quantitative estimate of drug-likeness (QED) is 0.594. The molecule has 2 aromatic rings. The number of carboxylic acids is 1. The summed E-state index contributed by atoms with van der Waals surface area (Å²) >= 11 is 0. The van der Waals surface area contributed by atoms with Crippen molar-refractivity contribution in [1.29, 1.82) is 0 Å². The first-order valence-electron chi connectivity index (χ1n) is 9.90. The first-order valence-corrected chi connectivity index (χ1v) is 9.90. The lowest BCUT2D eigenvalue weighted by molar-refractivity contribution is 0.0540. The highest BCUT2D eigenvalue weighted by molar-refractivity contribution is 5.87. The Labute approximate surface area is 174 Å². The first-order chi connectivity index (χ1) is 14.5. The van der Waals surface area contributed by atoms with Crippen molar-refractivity contribution in [1.82, 2.24) is 4.57 Å². The van der Waals surface area contributed by atoms with Crippen molar-refractivity contribution in [3.8, 4) is 22.8 Å². The Bertz CT molecular complexity index is 967. The van der Waals surface area contributed by atoms with E-state index >= 15 is 0 Å². The molecule has 0 amide bonds. The lowest BCUT2D eigenvalue weighted by Crippen LogP contribution is -2.25. The molecule has 1 aromatic heterocycles. The fourth-order valence-corrected chi connectivity index (χ4v) is 3.66. The zero-order valence-corrected chi connectivity index (χ0v) is 17.5. The van der Waals surface area contributed by atoms with E-state index in [-0.39, 0.29) is 11.6 Å². The van der Waals surface area contributed by atoms with Crippen molar-refractivity contribution in [2.75, 3.05) is 40.6 Å². The van der Waals surface area contributed by atoms with Gasteiger partial charge in [-0.1, -0.05) is 6.92 Å². The van der Waals surface area contributed by atoms with Crippen molar-refractivity contribution < 1.29 is 28.8 Å². The summed E-state index contributed by atoms with van der Waals surface area (Å²) in [7, 11) is 3.18. The van der Waals surface area contributed by atoms with E-state index in [0.717, 1.165) is 17.5 Å². The van der Waals surface area contributed by atoms with E-state index in [1.807, 2.05) is 23.6 Å². The summed E-state index contributed by atoms with van der Waals surface area (Å²) in [5.74, 6) is -0.0636. The second-order valence-electron chi connectivity index (χ2n) is 7.03. The minimum Gasteiger partial charge on any atom is -0.493 e. The summed E-state index contributed by atoms with van der Waals surface area (Å²) < 4.78 is 23.6. The number of aromatic carboxylic acids is 1. The van der Waals surface area contributed by atoms with Crippen LogP contribution in [0.1, 0.15) is 35.3 Å². The number of benzene rings is 1. The molecule has 3 rings (SSSR count). The van der Waals surface area contributed by atoms with E-state index < -0.39 is 11.4 Å². The van der Waals surface area contributed by atoms with Crippen LogP contribution >= 0.6 is 0 Å². The normalized spacial score (nSPS) is 14.7. The van der Waals surface area contributed by atoms with E-state index in [2.05, 4.69) is 0 Å². The van der Waals surface area contributed by atoms with Crippen molar-refractivity contribution in [2.45, 2.75) is 25.8 Å². The van der Waals surface area contributed by atoms with Crippen molar-refractivity contribution in [3.05, 3.63) is 45.7 Å². The minimum absolute atomic E-state index is 0.0461. The molecule has 162 valence electrons. The molecule has 1 aliphatic heterocycles. The van der Waals surface area contributed by atoms with Crippen molar-refractivity contribution >= 4 is 5.97 Å². The maximum absolute atomic E-state index is 12.3. The number of hydrogen-bond donors (Lipinski definition) is 1. The monoisotopic (exact) mass is 417 g/mol. The number of hydrogen-bond acceptors (Lipinski definition) is 6. The summed E-state index contributed by atoms with van der Waals surface area (Å²) in [6, 6.07) is 5.22. The molecule has 1 N–H and O–H groups in total. The van der Waals surface area contributed by atoms with E-state index in [9.17, 15) is 14.7 Å². The third-order valence-corrected chi connectivity index (χ3v) is 5.21. The number of carboxylic acid groups (broad SMARTS) is 1. The molecule has 0 bridgehead atoms. The Morgan fingerprint density at radius 3 is 2.57 bits per heavy atom. The number of fused-ring (bicyclic) bond motifs is 3. The first kappa shape index (κ1) is 21.9. The standard InChI is InChI=1S/C22H27NO7/c1-4-15-9-14-10-21(30-8-7-29-6-5-27-2)20(28-3)11-16(14)18-12-19(24)17(22(25)26)13-23(15)18/h10-13,15H,4-9H2,1-3H3,(H,25,26). The van der Waals surface area contributed by atoms with Gasteiger partial charge in [-0.15, -0.1) is 0 Å². The van der Waals surface area contributed by atoms with Gasteiger partial charge in [-0.25, -0.2) is 4.79 Å². The Morgan fingerprint density at radius 1 is 1.13 bits per heavy atom. The van der Waals surface area contributed by atoms with Gasteiger partial charge in [0.1, 0.15) is 12.2 Å². The van der Waals surface area contributed by atoms with Crippen LogP contribution in [0.5, 0.6) is 11.5 Å². The Hall–Kier alpha value is -2.84. The summed E-state index contributed by atoms with van der Waals surface area (Å²) in [6.07, 6.45) is 2.95. The summed E-state index contributed by atoms with van der Waals surface area (Å²) in [5, 5.41) is 9.32. The van der Waals surface area contributed by atoms with E-state index in [1.54, 1.807) is 14.2 Å². The summed E-state index contributed by atoms with van der Waals surface area (Å²) in [4.78, 5) is 23.7. The Morgan fingerprint density at radius 2 is 1.90 bits per heavy atom. The molecule has 1 atom stereocenters. The molecule has 8 heteroatoms. The second-order valence-corrected chi connectivity index (χ2v) is 7.03. The van der Waals surface area contributed by atoms with Crippen LogP contribution in [0.4, 0.5) is 0 Å². The van der Waals surface area contributed by atoms with E-state index in [4.69, 9.17) is 18.9 Å². The van der Waals surface area contributed by atoms with Crippen LogP contribution in [0.3, 0.4) is 0 Å². The third kappa shape index (κ3) is 4.49. The van der Waals surface area contributed by atoms with Gasteiger partial charge in [0.05, 0.1) is 32.6 Å². The van der Waals surface area contributed by atoms with Gasteiger partial charge < -0.3 is 28.6 Å². The van der Waals surface area contributed by atoms with Gasteiger partial charge in [-0.2, -0.15) is 0 Å². The van der Waals surface area contributed by atoms with Crippen LogP contribution in [0.25, 0.3) is 11.3 Å². The van der Waals surface area contributed by atoms with E-state index in [1.165, 1.54) is 12.3 Å². The molecule has 0 aliphatic carbocycles. The second kappa shape index (κ2) is 9.77. The molecule has 0 fully saturated rings. The Kier molecular flexibility index (Phi) is 7.12. The highest BCUT2D eigenvalue weighted by Gasteiger charge is 2.26. The fraction of sp³-hybridized carbons (Fsp3) is 0.455.